The van der Waals surface area contributed by atoms with Crippen molar-refractivity contribution in [3.63, 3.8) is 0 Å². The van der Waals surface area contributed by atoms with Gasteiger partial charge in [-0.05, 0) is 17.7 Å². The van der Waals surface area contributed by atoms with E-state index in [1.807, 2.05) is 0 Å². The van der Waals surface area contributed by atoms with E-state index in [9.17, 15) is 20.2 Å². The quantitative estimate of drug-likeness (QED) is 0.650. The zero-order valence-corrected chi connectivity index (χ0v) is 12.2. The van der Waals surface area contributed by atoms with Gasteiger partial charge in [-0.25, -0.2) is 0 Å². The zero-order valence-electron chi connectivity index (χ0n) is 10.7. The molecule has 0 aliphatic carbocycles. The van der Waals surface area contributed by atoms with Gasteiger partial charge >= 0.3 is 0 Å². The highest BCUT2D eigenvalue weighted by Crippen LogP contribution is 2.28. The number of non-ortho nitro benzene ring substituents is 1. The molecule has 21 heavy (non-hydrogen) atoms. The van der Waals surface area contributed by atoms with Gasteiger partial charge in [0.1, 0.15) is 5.69 Å². The average Bonchev–Trinajstić information content (AvgIpc) is 2.46. The molecule has 0 fully saturated rings. The highest BCUT2D eigenvalue weighted by Gasteiger charge is 2.13. The molecule has 2 aromatic carbocycles. The summed E-state index contributed by atoms with van der Waals surface area (Å²) < 4.78 is 0.620. The minimum absolute atomic E-state index is 0.00775. The lowest BCUT2D eigenvalue weighted by Gasteiger charge is -2.07. The minimum atomic E-state index is -0.475. The van der Waals surface area contributed by atoms with Crippen LogP contribution in [0.25, 0.3) is 0 Å². The van der Waals surface area contributed by atoms with E-state index in [-0.39, 0.29) is 11.4 Å². The molecule has 0 heterocycles. The number of rotatable bonds is 5. The molecule has 0 aliphatic heterocycles. The van der Waals surface area contributed by atoms with Crippen LogP contribution in [0.15, 0.2) is 46.9 Å². The molecule has 0 spiro atoms. The van der Waals surface area contributed by atoms with Gasteiger partial charge in [0, 0.05) is 29.2 Å². The summed E-state index contributed by atoms with van der Waals surface area (Å²) in [5.74, 6) is 0. The average molecular weight is 352 g/mol. The van der Waals surface area contributed by atoms with Crippen LogP contribution in [0.5, 0.6) is 0 Å². The van der Waals surface area contributed by atoms with Gasteiger partial charge in [0.15, 0.2) is 0 Å². The number of hydrogen-bond acceptors (Lipinski definition) is 5. The summed E-state index contributed by atoms with van der Waals surface area (Å²) in [4.78, 5) is 20.6. The van der Waals surface area contributed by atoms with E-state index in [1.165, 1.54) is 18.2 Å². The van der Waals surface area contributed by atoms with Crippen LogP contribution in [0.1, 0.15) is 5.56 Å². The van der Waals surface area contributed by atoms with Crippen LogP contribution < -0.4 is 5.32 Å². The monoisotopic (exact) mass is 351 g/mol. The Kier molecular flexibility index (Phi) is 4.49. The SMILES string of the molecule is O=[N+]([O-])c1ccc(CNc2ccc(Br)cc2[N+](=O)[O-])cc1. The Balaban J connectivity index is 2.13. The highest BCUT2D eigenvalue weighted by atomic mass is 79.9. The molecule has 0 aromatic heterocycles. The summed E-state index contributed by atoms with van der Waals surface area (Å²) >= 11 is 3.19. The number of nitro benzene ring substituents is 2. The number of halogens is 1. The second-order valence-electron chi connectivity index (χ2n) is 4.20. The van der Waals surface area contributed by atoms with Gasteiger partial charge in [0.05, 0.1) is 9.85 Å². The van der Waals surface area contributed by atoms with Gasteiger partial charge in [-0.15, -0.1) is 0 Å². The predicted molar refractivity (Wildman–Crippen MR) is 81.2 cm³/mol. The van der Waals surface area contributed by atoms with Gasteiger partial charge in [0.2, 0.25) is 0 Å². The van der Waals surface area contributed by atoms with Crippen molar-refractivity contribution >= 4 is 33.0 Å². The summed E-state index contributed by atoms with van der Waals surface area (Å²) in [7, 11) is 0. The van der Waals surface area contributed by atoms with Crippen molar-refractivity contribution in [1.82, 2.24) is 0 Å². The first-order valence-electron chi connectivity index (χ1n) is 5.88. The molecule has 7 nitrogen and oxygen atoms in total. The number of hydrogen-bond donors (Lipinski definition) is 1. The molecule has 0 amide bonds. The van der Waals surface area contributed by atoms with Crippen molar-refractivity contribution in [3.05, 3.63) is 72.7 Å². The molecule has 0 atom stereocenters. The Morgan fingerprint density at radius 3 is 2.24 bits per heavy atom. The maximum Gasteiger partial charge on any atom is 0.293 e. The number of nitrogens with one attached hydrogen (secondary N) is 1. The third-order valence-corrected chi connectivity index (χ3v) is 3.28. The standard InChI is InChI=1S/C13H10BrN3O4/c14-10-3-6-12(13(7-10)17(20)21)15-8-9-1-4-11(5-2-9)16(18)19/h1-7,15H,8H2. The van der Waals surface area contributed by atoms with E-state index in [2.05, 4.69) is 21.2 Å². The van der Waals surface area contributed by atoms with Gasteiger partial charge in [-0.3, -0.25) is 20.2 Å². The van der Waals surface area contributed by atoms with E-state index in [4.69, 9.17) is 0 Å². The summed E-state index contributed by atoms with van der Waals surface area (Å²) in [5, 5.41) is 24.5. The number of nitro groups is 2. The van der Waals surface area contributed by atoms with E-state index in [1.54, 1.807) is 24.3 Å². The second kappa shape index (κ2) is 6.31. The lowest BCUT2D eigenvalue weighted by Crippen LogP contribution is -2.02. The zero-order chi connectivity index (χ0) is 15.4. The fraction of sp³-hybridized carbons (Fsp3) is 0.0769. The Bertz CT molecular complexity index is 688. The second-order valence-corrected chi connectivity index (χ2v) is 5.11. The molecule has 0 saturated heterocycles. The molecule has 0 radical (unpaired) electrons. The first-order chi connectivity index (χ1) is 9.97. The van der Waals surface area contributed by atoms with Crippen molar-refractivity contribution in [1.29, 1.82) is 0 Å². The van der Waals surface area contributed by atoms with Crippen molar-refractivity contribution in [2.45, 2.75) is 6.54 Å². The summed E-state index contributed by atoms with van der Waals surface area (Å²) in [6, 6.07) is 10.7. The number of benzene rings is 2. The summed E-state index contributed by atoms with van der Waals surface area (Å²) in [5.41, 5.74) is 1.15. The van der Waals surface area contributed by atoms with Crippen molar-refractivity contribution < 1.29 is 9.85 Å². The van der Waals surface area contributed by atoms with Crippen LogP contribution in [-0.4, -0.2) is 9.85 Å². The lowest BCUT2D eigenvalue weighted by molar-refractivity contribution is -0.384. The van der Waals surface area contributed by atoms with E-state index < -0.39 is 9.85 Å². The Morgan fingerprint density at radius 1 is 1.00 bits per heavy atom. The molecular formula is C13H10BrN3O4. The van der Waals surface area contributed by atoms with Crippen LogP contribution in [-0.2, 0) is 6.54 Å². The Hall–Kier alpha value is -2.48. The molecule has 0 saturated carbocycles. The molecular weight excluding hydrogens is 342 g/mol. The Morgan fingerprint density at radius 2 is 1.67 bits per heavy atom. The van der Waals surface area contributed by atoms with Crippen molar-refractivity contribution in [2.75, 3.05) is 5.32 Å². The minimum Gasteiger partial charge on any atom is -0.375 e. The van der Waals surface area contributed by atoms with Crippen LogP contribution in [0.2, 0.25) is 0 Å². The fourth-order valence-electron chi connectivity index (χ4n) is 1.74. The Labute approximate surface area is 128 Å². The summed E-state index contributed by atoms with van der Waals surface area (Å²) in [6.07, 6.45) is 0. The number of anilines is 1. The third kappa shape index (κ3) is 3.76. The van der Waals surface area contributed by atoms with Crippen molar-refractivity contribution in [3.8, 4) is 0 Å². The molecule has 0 unspecified atom stereocenters. The van der Waals surface area contributed by atoms with E-state index in [0.717, 1.165) is 5.56 Å². The molecule has 8 heteroatoms. The summed E-state index contributed by atoms with van der Waals surface area (Å²) in [6.45, 7) is 0.334. The number of nitrogens with zero attached hydrogens (tertiary/aromatic N) is 2. The van der Waals surface area contributed by atoms with Crippen molar-refractivity contribution in [2.24, 2.45) is 0 Å². The predicted octanol–water partition coefficient (Wildman–Crippen LogP) is 3.88. The maximum atomic E-state index is 11.0. The largest absolute Gasteiger partial charge is 0.375 e. The van der Waals surface area contributed by atoms with Crippen LogP contribution in [0.4, 0.5) is 17.1 Å². The molecule has 1 N–H and O–H groups in total. The molecule has 2 rings (SSSR count). The smallest absolute Gasteiger partial charge is 0.293 e. The first kappa shape index (κ1) is 14.9. The molecule has 2 aromatic rings. The van der Waals surface area contributed by atoms with Gasteiger partial charge in [-0.1, -0.05) is 28.1 Å². The fourth-order valence-corrected chi connectivity index (χ4v) is 2.09. The van der Waals surface area contributed by atoms with Crippen LogP contribution in [0, 0.1) is 20.2 Å². The van der Waals surface area contributed by atoms with Gasteiger partial charge in [-0.2, -0.15) is 0 Å². The van der Waals surface area contributed by atoms with Gasteiger partial charge < -0.3 is 5.32 Å². The van der Waals surface area contributed by atoms with Crippen LogP contribution >= 0.6 is 15.9 Å². The van der Waals surface area contributed by atoms with Crippen LogP contribution in [0.3, 0.4) is 0 Å². The molecule has 0 bridgehead atoms. The first-order valence-corrected chi connectivity index (χ1v) is 6.68. The lowest BCUT2D eigenvalue weighted by atomic mass is 10.2. The molecule has 0 aliphatic rings. The van der Waals surface area contributed by atoms with E-state index >= 15 is 0 Å². The normalized spacial score (nSPS) is 10.1. The molecule has 108 valence electrons. The van der Waals surface area contributed by atoms with Gasteiger partial charge in [0.25, 0.3) is 11.4 Å². The topological polar surface area (TPSA) is 98.3 Å². The maximum absolute atomic E-state index is 11.0. The van der Waals surface area contributed by atoms with E-state index in [0.29, 0.717) is 16.7 Å². The third-order valence-electron chi connectivity index (χ3n) is 2.79. The highest BCUT2D eigenvalue weighted by molar-refractivity contribution is 9.10.